The Morgan fingerprint density at radius 3 is 2.67 bits per heavy atom. The molecule has 0 spiro atoms. The quantitative estimate of drug-likeness (QED) is 0.495. The number of nitrogens with zero attached hydrogens (tertiary/aromatic N) is 1. The van der Waals surface area contributed by atoms with Crippen molar-refractivity contribution < 1.29 is 4.84 Å². The summed E-state index contributed by atoms with van der Waals surface area (Å²) in [5, 5.41) is 0. The van der Waals surface area contributed by atoms with Crippen molar-refractivity contribution in [2.45, 2.75) is 25.7 Å². The summed E-state index contributed by atoms with van der Waals surface area (Å²) in [7, 11) is 1.81. The van der Waals surface area contributed by atoms with Gasteiger partial charge in [0.25, 0.3) is 0 Å². The zero-order chi connectivity index (χ0) is 8.65. The van der Waals surface area contributed by atoms with Gasteiger partial charge in [-0.2, -0.15) is 0 Å². The van der Waals surface area contributed by atoms with Gasteiger partial charge in [-0.1, -0.05) is 6.42 Å². The molecule has 0 unspecified atom stereocenters. The molecule has 3 heteroatoms. The lowest BCUT2D eigenvalue weighted by molar-refractivity contribution is 0.0496. The fourth-order valence-electron chi connectivity index (χ4n) is 1.65. The van der Waals surface area contributed by atoms with E-state index in [1.807, 2.05) is 0 Å². The minimum absolute atomic E-state index is 0.826. The minimum atomic E-state index is 0.826. The third-order valence-corrected chi connectivity index (χ3v) is 2.31. The molecule has 0 amide bonds. The lowest BCUT2D eigenvalue weighted by Gasteiger charge is -2.26. The predicted octanol–water partition coefficient (Wildman–Crippen LogP) is 1.01. The van der Waals surface area contributed by atoms with Gasteiger partial charge in [0.1, 0.15) is 0 Å². The standard InChI is InChI=1S/C9H20N2O/c1-10-12-9-5-8-11-6-3-2-4-7-11/h10H,2-9H2,1H3. The van der Waals surface area contributed by atoms with Gasteiger partial charge in [-0.15, -0.1) is 0 Å². The first-order valence-electron chi connectivity index (χ1n) is 4.94. The monoisotopic (exact) mass is 172 g/mol. The van der Waals surface area contributed by atoms with Crippen LogP contribution in [-0.4, -0.2) is 38.2 Å². The van der Waals surface area contributed by atoms with Crippen LogP contribution in [0.15, 0.2) is 0 Å². The molecule has 1 heterocycles. The molecule has 72 valence electrons. The van der Waals surface area contributed by atoms with Gasteiger partial charge in [-0.3, -0.25) is 0 Å². The summed E-state index contributed by atoms with van der Waals surface area (Å²) in [5.74, 6) is 0. The van der Waals surface area contributed by atoms with Gasteiger partial charge in [0.15, 0.2) is 0 Å². The Bertz CT molecular complexity index is 103. The summed E-state index contributed by atoms with van der Waals surface area (Å²) in [6.45, 7) is 4.60. The van der Waals surface area contributed by atoms with Crippen molar-refractivity contribution in [3.8, 4) is 0 Å². The molecule has 1 aliphatic heterocycles. The zero-order valence-corrected chi connectivity index (χ0v) is 8.01. The van der Waals surface area contributed by atoms with Gasteiger partial charge in [-0.05, 0) is 32.4 Å². The number of hydrogen-bond donors (Lipinski definition) is 1. The third kappa shape index (κ3) is 4.04. The van der Waals surface area contributed by atoms with Crippen molar-refractivity contribution in [3.63, 3.8) is 0 Å². The van der Waals surface area contributed by atoms with Crippen LogP contribution in [0, 0.1) is 0 Å². The van der Waals surface area contributed by atoms with Crippen molar-refractivity contribution >= 4 is 0 Å². The van der Waals surface area contributed by atoms with E-state index in [2.05, 4.69) is 10.4 Å². The van der Waals surface area contributed by atoms with Crippen LogP contribution in [0.4, 0.5) is 0 Å². The Balaban J connectivity index is 1.91. The van der Waals surface area contributed by atoms with Crippen LogP contribution in [0.3, 0.4) is 0 Å². The van der Waals surface area contributed by atoms with Gasteiger partial charge >= 0.3 is 0 Å². The van der Waals surface area contributed by atoms with Crippen molar-refractivity contribution in [1.82, 2.24) is 10.4 Å². The van der Waals surface area contributed by atoms with Gasteiger partial charge in [0, 0.05) is 13.6 Å². The van der Waals surface area contributed by atoms with E-state index < -0.39 is 0 Å². The first-order valence-corrected chi connectivity index (χ1v) is 4.94. The molecule has 1 fully saturated rings. The highest BCUT2D eigenvalue weighted by Crippen LogP contribution is 2.08. The zero-order valence-electron chi connectivity index (χ0n) is 8.01. The number of nitrogens with one attached hydrogen (secondary N) is 1. The van der Waals surface area contributed by atoms with Crippen LogP contribution in [0.2, 0.25) is 0 Å². The first-order chi connectivity index (χ1) is 5.93. The molecule has 0 atom stereocenters. The first kappa shape index (κ1) is 9.96. The van der Waals surface area contributed by atoms with E-state index >= 15 is 0 Å². The van der Waals surface area contributed by atoms with E-state index in [1.165, 1.54) is 38.9 Å². The van der Waals surface area contributed by atoms with Gasteiger partial charge < -0.3 is 9.74 Å². The topological polar surface area (TPSA) is 24.5 Å². The Labute approximate surface area is 75.0 Å². The van der Waals surface area contributed by atoms with E-state index in [4.69, 9.17) is 4.84 Å². The molecule has 0 bridgehead atoms. The van der Waals surface area contributed by atoms with E-state index in [1.54, 1.807) is 7.05 Å². The van der Waals surface area contributed by atoms with Crippen LogP contribution in [0.1, 0.15) is 25.7 Å². The highest BCUT2D eigenvalue weighted by atomic mass is 16.6. The molecule has 0 radical (unpaired) electrons. The SMILES string of the molecule is CNOCCCN1CCCCC1. The van der Waals surface area contributed by atoms with Gasteiger partial charge in [-0.25, -0.2) is 5.48 Å². The van der Waals surface area contributed by atoms with E-state index in [0.717, 1.165) is 13.0 Å². The lowest BCUT2D eigenvalue weighted by atomic mass is 10.1. The number of hydroxylamine groups is 1. The van der Waals surface area contributed by atoms with Gasteiger partial charge in [0.2, 0.25) is 0 Å². The second-order valence-electron chi connectivity index (χ2n) is 3.31. The summed E-state index contributed by atoms with van der Waals surface area (Å²) >= 11 is 0. The number of piperidine rings is 1. The van der Waals surface area contributed by atoms with E-state index in [9.17, 15) is 0 Å². The molecular weight excluding hydrogens is 152 g/mol. The molecule has 0 aliphatic carbocycles. The molecule has 0 saturated carbocycles. The van der Waals surface area contributed by atoms with E-state index in [-0.39, 0.29) is 0 Å². The smallest absolute Gasteiger partial charge is 0.0694 e. The lowest BCUT2D eigenvalue weighted by Crippen LogP contribution is -2.31. The highest BCUT2D eigenvalue weighted by Gasteiger charge is 2.08. The average molecular weight is 172 g/mol. The Hall–Kier alpha value is -0.120. The summed E-state index contributed by atoms with van der Waals surface area (Å²) < 4.78 is 0. The molecule has 0 aromatic heterocycles. The Morgan fingerprint density at radius 2 is 2.00 bits per heavy atom. The highest BCUT2D eigenvalue weighted by molar-refractivity contribution is 4.63. The van der Waals surface area contributed by atoms with Crippen molar-refractivity contribution in [2.24, 2.45) is 0 Å². The van der Waals surface area contributed by atoms with Crippen LogP contribution in [0.25, 0.3) is 0 Å². The summed E-state index contributed by atoms with van der Waals surface area (Å²) in [5.41, 5.74) is 2.69. The van der Waals surface area contributed by atoms with Crippen LogP contribution in [-0.2, 0) is 4.84 Å². The second-order valence-corrected chi connectivity index (χ2v) is 3.31. The van der Waals surface area contributed by atoms with Crippen LogP contribution < -0.4 is 5.48 Å². The summed E-state index contributed by atoms with van der Waals surface area (Å²) in [6, 6.07) is 0. The maximum Gasteiger partial charge on any atom is 0.0694 e. The normalized spacial score (nSPS) is 19.8. The molecular formula is C9H20N2O. The fourth-order valence-corrected chi connectivity index (χ4v) is 1.65. The summed E-state index contributed by atoms with van der Waals surface area (Å²) in [4.78, 5) is 7.58. The Morgan fingerprint density at radius 1 is 1.25 bits per heavy atom. The van der Waals surface area contributed by atoms with Crippen molar-refractivity contribution in [1.29, 1.82) is 0 Å². The molecule has 12 heavy (non-hydrogen) atoms. The summed E-state index contributed by atoms with van der Waals surface area (Å²) in [6.07, 6.45) is 5.32. The molecule has 1 rings (SSSR count). The Kier molecular flexibility index (Phi) is 5.32. The third-order valence-electron chi connectivity index (χ3n) is 2.31. The maximum absolute atomic E-state index is 5.05. The second kappa shape index (κ2) is 6.40. The molecule has 1 aliphatic rings. The maximum atomic E-state index is 5.05. The van der Waals surface area contributed by atoms with Crippen molar-refractivity contribution in [3.05, 3.63) is 0 Å². The van der Waals surface area contributed by atoms with Crippen molar-refractivity contribution in [2.75, 3.05) is 33.3 Å². The molecule has 1 N–H and O–H groups in total. The fraction of sp³-hybridized carbons (Fsp3) is 1.00. The molecule has 1 saturated heterocycles. The average Bonchev–Trinajstić information content (AvgIpc) is 2.14. The predicted molar refractivity (Wildman–Crippen MR) is 49.9 cm³/mol. The van der Waals surface area contributed by atoms with E-state index in [0.29, 0.717) is 0 Å². The molecule has 0 aromatic rings. The molecule has 0 aromatic carbocycles. The number of rotatable bonds is 5. The minimum Gasteiger partial charge on any atom is -0.303 e. The number of likely N-dealkylation sites (tertiary alicyclic amines) is 1. The molecule has 3 nitrogen and oxygen atoms in total. The number of hydrogen-bond acceptors (Lipinski definition) is 3. The van der Waals surface area contributed by atoms with Crippen LogP contribution in [0.5, 0.6) is 0 Å². The van der Waals surface area contributed by atoms with Gasteiger partial charge in [0.05, 0.1) is 6.61 Å². The van der Waals surface area contributed by atoms with Crippen LogP contribution >= 0.6 is 0 Å². The largest absolute Gasteiger partial charge is 0.303 e.